The highest BCUT2D eigenvalue weighted by atomic mass is 79.9. The van der Waals surface area contributed by atoms with E-state index in [0.717, 1.165) is 10.5 Å². The van der Waals surface area contributed by atoms with Gasteiger partial charge in [0.25, 0.3) is 5.91 Å². The predicted molar refractivity (Wildman–Crippen MR) is 71.9 cm³/mol. The first-order valence-corrected chi connectivity index (χ1v) is 5.94. The van der Waals surface area contributed by atoms with E-state index in [1.807, 2.05) is 0 Å². The number of aromatic hydroxyl groups is 2. The van der Waals surface area contributed by atoms with Crippen LogP contribution in [0.5, 0.6) is 11.5 Å². The molecule has 0 saturated carbocycles. The van der Waals surface area contributed by atoms with Crippen molar-refractivity contribution in [2.45, 2.75) is 0 Å². The third-order valence-electron chi connectivity index (χ3n) is 2.27. The van der Waals surface area contributed by atoms with Crippen LogP contribution in [0.15, 0.2) is 46.9 Å². The first-order valence-electron chi connectivity index (χ1n) is 5.14. The molecule has 1 amide bonds. The molecule has 3 N–H and O–H groups in total. The number of phenolic OH excluding ortho intramolecular Hbond substituents is 2. The first kappa shape index (κ1) is 12.4. The summed E-state index contributed by atoms with van der Waals surface area (Å²) in [5.74, 6) is -0.713. The average Bonchev–Trinajstić information content (AvgIpc) is 2.31. The number of carbonyl (C=O) groups is 1. The minimum atomic E-state index is -0.400. The van der Waals surface area contributed by atoms with Gasteiger partial charge in [-0.25, -0.2) is 0 Å². The summed E-state index contributed by atoms with van der Waals surface area (Å²) in [5, 5.41) is 21.3. The van der Waals surface area contributed by atoms with Crippen LogP contribution in [0, 0.1) is 0 Å². The van der Waals surface area contributed by atoms with E-state index in [1.54, 1.807) is 24.3 Å². The van der Waals surface area contributed by atoms with Gasteiger partial charge in [-0.15, -0.1) is 0 Å². The van der Waals surface area contributed by atoms with Gasteiger partial charge in [0.15, 0.2) is 0 Å². The van der Waals surface area contributed by atoms with Crippen molar-refractivity contribution in [3.63, 3.8) is 0 Å². The Morgan fingerprint density at radius 3 is 2.11 bits per heavy atom. The highest BCUT2D eigenvalue weighted by Gasteiger charge is 2.08. The molecule has 0 radical (unpaired) electrons. The second-order valence-electron chi connectivity index (χ2n) is 3.70. The lowest BCUT2D eigenvalue weighted by Gasteiger charge is -2.06. The van der Waals surface area contributed by atoms with Gasteiger partial charge in [0.1, 0.15) is 11.5 Å². The Balaban J connectivity index is 2.19. The SMILES string of the molecule is O=C(Nc1ccc(Br)cc1)c1cc(O)cc(O)c1. The van der Waals surface area contributed by atoms with Crippen LogP contribution >= 0.6 is 15.9 Å². The van der Waals surface area contributed by atoms with Gasteiger partial charge in [-0.2, -0.15) is 0 Å². The summed E-state index contributed by atoms with van der Waals surface area (Å²) in [6.45, 7) is 0. The second-order valence-corrected chi connectivity index (χ2v) is 4.61. The van der Waals surface area contributed by atoms with Gasteiger partial charge in [0.2, 0.25) is 0 Å². The smallest absolute Gasteiger partial charge is 0.255 e. The third kappa shape index (κ3) is 3.01. The summed E-state index contributed by atoms with van der Waals surface area (Å²) in [4.78, 5) is 11.9. The molecular weight excluding hydrogens is 298 g/mol. The molecule has 0 bridgehead atoms. The van der Waals surface area contributed by atoms with E-state index in [2.05, 4.69) is 21.2 Å². The number of anilines is 1. The highest BCUT2D eigenvalue weighted by Crippen LogP contribution is 2.21. The molecule has 0 aromatic heterocycles. The van der Waals surface area contributed by atoms with Crippen LogP contribution in [-0.2, 0) is 0 Å². The molecule has 92 valence electrons. The number of halogens is 1. The molecule has 0 atom stereocenters. The van der Waals surface area contributed by atoms with Crippen molar-refractivity contribution in [3.8, 4) is 11.5 Å². The van der Waals surface area contributed by atoms with Crippen molar-refractivity contribution in [1.29, 1.82) is 0 Å². The van der Waals surface area contributed by atoms with Crippen LogP contribution in [0.1, 0.15) is 10.4 Å². The molecular formula is C13H10BrNO3. The lowest BCUT2D eigenvalue weighted by atomic mass is 10.2. The summed E-state index contributed by atoms with van der Waals surface area (Å²) in [5.41, 5.74) is 0.821. The number of amides is 1. The molecule has 0 aliphatic heterocycles. The summed E-state index contributed by atoms with van der Waals surface area (Å²) < 4.78 is 0.912. The Bertz CT molecular complexity index is 561. The van der Waals surface area contributed by atoms with Gasteiger partial charge in [0, 0.05) is 21.8 Å². The van der Waals surface area contributed by atoms with E-state index in [-0.39, 0.29) is 17.1 Å². The van der Waals surface area contributed by atoms with Crippen molar-refractivity contribution in [2.24, 2.45) is 0 Å². The summed E-state index contributed by atoms with van der Waals surface area (Å²) in [6, 6.07) is 10.8. The molecule has 18 heavy (non-hydrogen) atoms. The molecule has 2 rings (SSSR count). The molecule has 0 saturated heterocycles. The van der Waals surface area contributed by atoms with Gasteiger partial charge in [-0.05, 0) is 36.4 Å². The zero-order chi connectivity index (χ0) is 13.1. The molecule has 4 nitrogen and oxygen atoms in total. The average molecular weight is 308 g/mol. The van der Waals surface area contributed by atoms with Crippen molar-refractivity contribution in [1.82, 2.24) is 0 Å². The Hall–Kier alpha value is -2.01. The third-order valence-corrected chi connectivity index (χ3v) is 2.80. The van der Waals surface area contributed by atoms with Crippen LogP contribution in [0.2, 0.25) is 0 Å². The second kappa shape index (κ2) is 5.10. The van der Waals surface area contributed by atoms with E-state index in [9.17, 15) is 15.0 Å². The molecule has 0 heterocycles. The van der Waals surface area contributed by atoms with Crippen molar-refractivity contribution in [2.75, 3.05) is 5.32 Å². The predicted octanol–water partition coefficient (Wildman–Crippen LogP) is 3.11. The number of rotatable bonds is 2. The molecule has 0 fully saturated rings. The molecule has 2 aromatic carbocycles. The maximum absolute atomic E-state index is 11.9. The fraction of sp³-hybridized carbons (Fsp3) is 0. The van der Waals surface area contributed by atoms with E-state index >= 15 is 0 Å². The van der Waals surface area contributed by atoms with Gasteiger partial charge >= 0.3 is 0 Å². The van der Waals surface area contributed by atoms with Crippen LogP contribution in [0.4, 0.5) is 5.69 Å². The Labute approximate surface area is 112 Å². The minimum Gasteiger partial charge on any atom is -0.508 e. The fourth-order valence-corrected chi connectivity index (χ4v) is 1.73. The van der Waals surface area contributed by atoms with Crippen LogP contribution in [-0.4, -0.2) is 16.1 Å². The monoisotopic (exact) mass is 307 g/mol. The molecule has 0 aliphatic rings. The topological polar surface area (TPSA) is 69.6 Å². The zero-order valence-corrected chi connectivity index (χ0v) is 10.8. The molecule has 2 aromatic rings. The minimum absolute atomic E-state index is 0.157. The lowest BCUT2D eigenvalue weighted by Crippen LogP contribution is -2.11. The number of hydrogen-bond acceptors (Lipinski definition) is 3. The van der Waals surface area contributed by atoms with Gasteiger partial charge in [-0.3, -0.25) is 4.79 Å². The van der Waals surface area contributed by atoms with Crippen molar-refractivity contribution in [3.05, 3.63) is 52.5 Å². The molecule has 5 heteroatoms. The Morgan fingerprint density at radius 1 is 1.00 bits per heavy atom. The molecule has 0 spiro atoms. The van der Waals surface area contributed by atoms with Crippen LogP contribution in [0.3, 0.4) is 0 Å². The fourth-order valence-electron chi connectivity index (χ4n) is 1.46. The van der Waals surface area contributed by atoms with Crippen molar-refractivity contribution >= 4 is 27.5 Å². The summed E-state index contributed by atoms with van der Waals surface area (Å²) in [7, 11) is 0. The van der Waals surface area contributed by atoms with E-state index in [0.29, 0.717) is 5.69 Å². The summed E-state index contributed by atoms with van der Waals surface area (Å²) >= 11 is 3.30. The highest BCUT2D eigenvalue weighted by molar-refractivity contribution is 9.10. The first-order chi connectivity index (χ1) is 8.54. The zero-order valence-electron chi connectivity index (χ0n) is 9.22. The van der Waals surface area contributed by atoms with Gasteiger partial charge < -0.3 is 15.5 Å². The maximum atomic E-state index is 11.9. The number of hydrogen-bond donors (Lipinski definition) is 3. The Kier molecular flexibility index (Phi) is 3.53. The standard InChI is InChI=1S/C13H10BrNO3/c14-9-1-3-10(4-2-9)15-13(18)8-5-11(16)7-12(17)6-8/h1-7,16-17H,(H,15,18). The molecule has 0 unspecified atom stereocenters. The number of carbonyl (C=O) groups excluding carboxylic acids is 1. The van der Waals surface area contributed by atoms with Crippen LogP contribution < -0.4 is 5.32 Å². The number of benzene rings is 2. The Morgan fingerprint density at radius 2 is 1.56 bits per heavy atom. The van der Waals surface area contributed by atoms with E-state index in [1.165, 1.54) is 12.1 Å². The van der Waals surface area contributed by atoms with Gasteiger partial charge in [-0.1, -0.05) is 15.9 Å². The van der Waals surface area contributed by atoms with E-state index in [4.69, 9.17) is 0 Å². The van der Waals surface area contributed by atoms with Crippen molar-refractivity contribution < 1.29 is 15.0 Å². The maximum Gasteiger partial charge on any atom is 0.255 e. The number of nitrogens with one attached hydrogen (secondary N) is 1. The lowest BCUT2D eigenvalue weighted by molar-refractivity contribution is 0.102. The molecule has 0 aliphatic carbocycles. The summed E-state index contributed by atoms with van der Waals surface area (Å²) in [6.07, 6.45) is 0. The van der Waals surface area contributed by atoms with Gasteiger partial charge in [0.05, 0.1) is 0 Å². The quantitative estimate of drug-likeness (QED) is 0.798. The largest absolute Gasteiger partial charge is 0.508 e. The normalized spacial score (nSPS) is 10.1. The van der Waals surface area contributed by atoms with Crippen LogP contribution in [0.25, 0.3) is 0 Å². The van der Waals surface area contributed by atoms with E-state index < -0.39 is 5.91 Å². The number of phenols is 2.